The van der Waals surface area contributed by atoms with Gasteiger partial charge in [0, 0.05) is 13.1 Å². The Kier molecular flexibility index (Phi) is 3.55. The number of urea groups is 1. The summed E-state index contributed by atoms with van der Waals surface area (Å²) < 4.78 is 31.1. The van der Waals surface area contributed by atoms with Crippen LogP contribution in [-0.4, -0.2) is 43.1 Å². The first-order chi connectivity index (χ1) is 10.3. The minimum absolute atomic E-state index is 0.0508. The number of sulfonamides is 1. The van der Waals surface area contributed by atoms with E-state index >= 15 is 0 Å². The Morgan fingerprint density at radius 3 is 2.73 bits per heavy atom. The SMILES string of the molecule is COc1ccc2c(c1)CN1C(=O)N(CC(C)C)S(=O)(=O)CC21. The molecule has 2 aliphatic rings. The Labute approximate surface area is 130 Å². The summed E-state index contributed by atoms with van der Waals surface area (Å²) in [6.45, 7) is 4.46. The highest BCUT2D eigenvalue weighted by Gasteiger charge is 2.47. The molecule has 2 heterocycles. The van der Waals surface area contributed by atoms with Crippen LogP contribution in [0.5, 0.6) is 5.75 Å². The third-order valence-electron chi connectivity index (χ3n) is 4.12. The molecule has 2 amide bonds. The predicted molar refractivity (Wildman–Crippen MR) is 82.0 cm³/mol. The van der Waals surface area contributed by atoms with E-state index in [0.717, 1.165) is 15.4 Å². The molecule has 1 aromatic rings. The summed E-state index contributed by atoms with van der Waals surface area (Å²) in [4.78, 5) is 14.3. The zero-order chi connectivity index (χ0) is 16.1. The Hall–Kier alpha value is -1.76. The van der Waals surface area contributed by atoms with Crippen molar-refractivity contribution in [3.8, 4) is 5.75 Å². The molecule has 0 bridgehead atoms. The van der Waals surface area contributed by atoms with Gasteiger partial charge in [0.2, 0.25) is 10.0 Å². The second kappa shape index (κ2) is 5.15. The predicted octanol–water partition coefficient (Wildman–Crippen LogP) is 1.97. The number of carbonyl (C=O) groups excluding carboxylic acids is 1. The third kappa shape index (κ3) is 2.33. The van der Waals surface area contributed by atoms with Crippen molar-refractivity contribution in [2.45, 2.75) is 26.4 Å². The first-order valence-electron chi connectivity index (χ1n) is 7.31. The fourth-order valence-electron chi connectivity index (χ4n) is 3.09. The molecule has 3 rings (SSSR count). The molecule has 0 aromatic heterocycles. The van der Waals surface area contributed by atoms with E-state index in [4.69, 9.17) is 4.74 Å². The van der Waals surface area contributed by atoms with Crippen LogP contribution in [0.15, 0.2) is 18.2 Å². The van der Waals surface area contributed by atoms with Crippen molar-refractivity contribution in [3.63, 3.8) is 0 Å². The van der Waals surface area contributed by atoms with Crippen molar-refractivity contribution in [2.24, 2.45) is 5.92 Å². The van der Waals surface area contributed by atoms with Gasteiger partial charge in [0.1, 0.15) is 5.75 Å². The van der Waals surface area contributed by atoms with Crippen LogP contribution < -0.4 is 4.74 Å². The van der Waals surface area contributed by atoms with E-state index < -0.39 is 16.1 Å². The highest BCUT2D eigenvalue weighted by atomic mass is 32.2. The molecular formula is C15H20N2O4S. The lowest BCUT2D eigenvalue weighted by Crippen LogP contribution is -2.54. The molecule has 0 aliphatic carbocycles. The highest BCUT2D eigenvalue weighted by Crippen LogP contribution is 2.40. The first kappa shape index (κ1) is 15.1. The van der Waals surface area contributed by atoms with Crippen molar-refractivity contribution in [1.82, 2.24) is 9.21 Å². The molecule has 7 heteroatoms. The second-order valence-electron chi connectivity index (χ2n) is 6.19. The van der Waals surface area contributed by atoms with Gasteiger partial charge in [-0.2, -0.15) is 0 Å². The summed E-state index contributed by atoms with van der Waals surface area (Å²) >= 11 is 0. The van der Waals surface area contributed by atoms with Crippen LogP contribution in [0.2, 0.25) is 0 Å². The number of ether oxygens (including phenoxy) is 1. The molecule has 6 nitrogen and oxygen atoms in total. The number of amides is 2. The van der Waals surface area contributed by atoms with Crippen LogP contribution in [0.25, 0.3) is 0 Å². The van der Waals surface area contributed by atoms with E-state index in [9.17, 15) is 13.2 Å². The van der Waals surface area contributed by atoms with Gasteiger partial charge < -0.3 is 9.64 Å². The fraction of sp³-hybridized carbons (Fsp3) is 0.533. The van der Waals surface area contributed by atoms with Crippen LogP contribution in [0.1, 0.15) is 31.0 Å². The van der Waals surface area contributed by atoms with E-state index in [0.29, 0.717) is 12.3 Å². The van der Waals surface area contributed by atoms with Gasteiger partial charge in [-0.05, 0) is 29.2 Å². The van der Waals surface area contributed by atoms with Gasteiger partial charge in [-0.25, -0.2) is 17.5 Å². The average Bonchev–Trinajstić information content (AvgIpc) is 2.80. The Balaban J connectivity index is 1.97. The number of nitrogens with zero attached hydrogens (tertiary/aromatic N) is 2. The summed E-state index contributed by atoms with van der Waals surface area (Å²) in [7, 11) is -1.98. The van der Waals surface area contributed by atoms with E-state index in [1.165, 1.54) is 0 Å². The van der Waals surface area contributed by atoms with Crippen LogP contribution >= 0.6 is 0 Å². The van der Waals surface area contributed by atoms with Gasteiger partial charge >= 0.3 is 6.03 Å². The van der Waals surface area contributed by atoms with Gasteiger partial charge in [-0.15, -0.1) is 0 Å². The zero-order valence-corrected chi connectivity index (χ0v) is 13.8. The number of fused-ring (bicyclic) bond motifs is 3. The molecule has 0 spiro atoms. The summed E-state index contributed by atoms with van der Waals surface area (Å²) in [6.07, 6.45) is 0. The lowest BCUT2D eigenvalue weighted by atomic mass is 10.1. The van der Waals surface area contributed by atoms with E-state index in [-0.39, 0.29) is 24.3 Å². The number of carbonyl (C=O) groups is 1. The number of benzene rings is 1. The van der Waals surface area contributed by atoms with Crippen molar-refractivity contribution < 1.29 is 17.9 Å². The molecule has 0 saturated carbocycles. The van der Waals surface area contributed by atoms with Crippen molar-refractivity contribution in [2.75, 3.05) is 19.4 Å². The second-order valence-corrected chi connectivity index (χ2v) is 8.13. The van der Waals surface area contributed by atoms with Crippen LogP contribution in [0.3, 0.4) is 0 Å². The van der Waals surface area contributed by atoms with Crippen molar-refractivity contribution in [1.29, 1.82) is 0 Å². The molecule has 0 radical (unpaired) electrons. The molecule has 2 aliphatic heterocycles. The van der Waals surface area contributed by atoms with Crippen LogP contribution in [0, 0.1) is 5.92 Å². The summed E-state index contributed by atoms with van der Waals surface area (Å²) in [5.74, 6) is 0.762. The normalized spacial score (nSPS) is 22.7. The standard InChI is InChI=1S/C15H20N2O4S/c1-10(2)7-17-15(18)16-8-11-6-12(21-3)4-5-13(11)14(16)9-22(17,19)20/h4-6,10,14H,7-9H2,1-3H3. The monoisotopic (exact) mass is 324 g/mol. The summed E-state index contributed by atoms with van der Waals surface area (Å²) in [6, 6.07) is 4.74. The zero-order valence-electron chi connectivity index (χ0n) is 12.9. The lowest BCUT2D eigenvalue weighted by molar-refractivity contribution is 0.153. The minimum Gasteiger partial charge on any atom is -0.497 e. The van der Waals surface area contributed by atoms with Gasteiger partial charge in [0.05, 0.1) is 18.9 Å². The van der Waals surface area contributed by atoms with E-state index in [1.54, 1.807) is 18.1 Å². The molecule has 1 saturated heterocycles. The molecule has 22 heavy (non-hydrogen) atoms. The van der Waals surface area contributed by atoms with Crippen LogP contribution in [-0.2, 0) is 16.6 Å². The molecule has 120 valence electrons. The van der Waals surface area contributed by atoms with E-state index in [1.807, 2.05) is 26.0 Å². The molecule has 1 atom stereocenters. The number of rotatable bonds is 3. The van der Waals surface area contributed by atoms with Gasteiger partial charge in [-0.1, -0.05) is 19.9 Å². The minimum atomic E-state index is -3.57. The van der Waals surface area contributed by atoms with Crippen molar-refractivity contribution >= 4 is 16.1 Å². The van der Waals surface area contributed by atoms with Gasteiger partial charge in [0.15, 0.2) is 0 Å². The summed E-state index contributed by atoms with van der Waals surface area (Å²) in [5.41, 5.74) is 1.86. The quantitative estimate of drug-likeness (QED) is 0.852. The molecule has 1 unspecified atom stereocenters. The van der Waals surface area contributed by atoms with Crippen LogP contribution in [0.4, 0.5) is 4.79 Å². The number of hydrogen-bond donors (Lipinski definition) is 0. The maximum absolute atomic E-state index is 12.6. The Morgan fingerprint density at radius 2 is 2.09 bits per heavy atom. The third-order valence-corrected chi connectivity index (χ3v) is 5.83. The molecule has 1 fully saturated rings. The highest BCUT2D eigenvalue weighted by molar-refractivity contribution is 7.89. The molecular weight excluding hydrogens is 304 g/mol. The first-order valence-corrected chi connectivity index (χ1v) is 8.92. The Morgan fingerprint density at radius 1 is 1.36 bits per heavy atom. The molecule has 0 N–H and O–H groups in total. The fourth-order valence-corrected chi connectivity index (χ4v) is 4.89. The van der Waals surface area contributed by atoms with E-state index in [2.05, 4.69) is 0 Å². The maximum Gasteiger partial charge on any atom is 0.334 e. The topological polar surface area (TPSA) is 66.9 Å². The number of hydrogen-bond acceptors (Lipinski definition) is 4. The number of methoxy groups -OCH3 is 1. The van der Waals surface area contributed by atoms with Crippen molar-refractivity contribution in [3.05, 3.63) is 29.3 Å². The maximum atomic E-state index is 12.6. The lowest BCUT2D eigenvalue weighted by Gasteiger charge is -2.37. The summed E-state index contributed by atoms with van der Waals surface area (Å²) in [5, 5.41) is 0. The van der Waals surface area contributed by atoms with Gasteiger partial charge in [-0.3, -0.25) is 0 Å². The Bertz CT molecular complexity index is 714. The average molecular weight is 324 g/mol. The smallest absolute Gasteiger partial charge is 0.334 e. The molecule has 1 aromatic carbocycles. The largest absolute Gasteiger partial charge is 0.497 e. The van der Waals surface area contributed by atoms with Gasteiger partial charge in [0.25, 0.3) is 0 Å².